The van der Waals surface area contributed by atoms with Crippen LogP contribution in [0.1, 0.15) is 58.4 Å². The van der Waals surface area contributed by atoms with Crippen molar-refractivity contribution in [2.24, 2.45) is 16.8 Å². The number of halogens is 2. The Bertz CT molecular complexity index is 874. The Morgan fingerprint density at radius 3 is 2.33 bits per heavy atom. The van der Waals surface area contributed by atoms with Gasteiger partial charge in [-0.15, -0.1) is 0 Å². The molecule has 1 aliphatic carbocycles. The van der Waals surface area contributed by atoms with Crippen LogP contribution in [0.15, 0.2) is 29.3 Å². The van der Waals surface area contributed by atoms with Crippen molar-refractivity contribution >= 4 is 44.4 Å². The van der Waals surface area contributed by atoms with Crippen LogP contribution in [-0.4, -0.2) is 24.6 Å². The molecule has 0 radical (unpaired) electrons. The van der Waals surface area contributed by atoms with Gasteiger partial charge in [0.05, 0.1) is 26.2 Å². The lowest BCUT2D eigenvalue weighted by Gasteiger charge is -2.30. The Labute approximate surface area is 172 Å². The van der Waals surface area contributed by atoms with E-state index in [0.29, 0.717) is 21.7 Å². The second-order valence-electron chi connectivity index (χ2n) is 8.64. The minimum atomic E-state index is -3.05. The Morgan fingerprint density at radius 2 is 1.74 bits per heavy atom. The number of benzene rings is 1. The van der Waals surface area contributed by atoms with Crippen molar-refractivity contribution in [3.63, 3.8) is 0 Å². The van der Waals surface area contributed by atoms with Crippen molar-refractivity contribution in [3.8, 4) is 0 Å². The smallest absolute Gasteiger partial charge is 0.155 e. The highest BCUT2D eigenvalue weighted by atomic mass is 35.5. The topological polar surface area (TPSA) is 46.5 Å². The molecule has 0 atom stereocenters. The molecule has 2 aliphatic rings. The molecular formula is C21H27Cl2NO2S. The molecule has 0 spiro atoms. The van der Waals surface area contributed by atoms with Crippen LogP contribution in [0.25, 0.3) is 5.70 Å². The van der Waals surface area contributed by atoms with Gasteiger partial charge in [0.15, 0.2) is 9.84 Å². The molecule has 0 amide bonds. The van der Waals surface area contributed by atoms with Gasteiger partial charge >= 0.3 is 0 Å². The molecule has 1 fully saturated rings. The second kappa shape index (κ2) is 7.88. The first-order valence-electron chi connectivity index (χ1n) is 9.52. The first-order chi connectivity index (χ1) is 12.6. The third kappa shape index (κ3) is 4.78. The largest absolute Gasteiger partial charge is 0.257 e. The van der Waals surface area contributed by atoms with Gasteiger partial charge in [-0.3, -0.25) is 4.99 Å². The molecule has 148 valence electrons. The maximum Gasteiger partial charge on any atom is 0.155 e. The quantitative estimate of drug-likeness (QED) is 0.573. The maximum absolute atomic E-state index is 12.5. The van der Waals surface area contributed by atoms with Crippen molar-refractivity contribution in [2.45, 2.75) is 57.6 Å². The molecule has 6 heteroatoms. The van der Waals surface area contributed by atoms with Crippen LogP contribution < -0.4 is 0 Å². The molecule has 1 aliphatic heterocycles. The van der Waals surface area contributed by atoms with E-state index in [2.05, 4.69) is 6.08 Å². The molecular weight excluding hydrogens is 401 g/mol. The fourth-order valence-electron chi connectivity index (χ4n) is 3.77. The molecule has 1 aromatic rings. The minimum Gasteiger partial charge on any atom is -0.257 e. The fourth-order valence-corrected chi connectivity index (χ4v) is 5.52. The fraction of sp³-hybridized carbons (Fsp3) is 0.571. The summed E-state index contributed by atoms with van der Waals surface area (Å²) in [6.07, 6.45) is 6.97. The first-order valence-corrected chi connectivity index (χ1v) is 11.9. The van der Waals surface area contributed by atoms with E-state index in [0.717, 1.165) is 43.4 Å². The van der Waals surface area contributed by atoms with Crippen LogP contribution in [0.5, 0.6) is 0 Å². The zero-order valence-electron chi connectivity index (χ0n) is 16.1. The van der Waals surface area contributed by atoms with Gasteiger partial charge in [-0.2, -0.15) is 0 Å². The van der Waals surface area contributed by atoms with Gasteiger partial charge in [-0.05, 0) is 70.4 Å². The number of aliphatic imine (C=N–C) groups is 1. The summed E-state index contributed by atoms with van der Waals surface area (Å²) in [4.78, 5) is 4.85. The van der Waals surface area contributed by atoms with E-state index in [1.807, 2.05) is 12.1 Å². The number of hydrogen-bond donors (Lipinski definition) is 0. The zero-order valence-corrected chi connectivity index (χ0v) is 18.5. The first kappa shape index (κ1) is 20.9. The highest BCUT2D eigenvalue weighted by Gasteiger charge is 2.34. The number of hydrogen-bond acceptors (Lipinski definition) is 3. The summed E-state index contributed by atoms with van der Waals surface area (Å²) < 4.78 is 24.2. The van der Waals surface area contributed by atoms with Gasteiger partial charge < -0.3 is 0 Å². The molecule has 0 aromatic heterocycles. The predicted octanol–water partition coefficient (Wildman–Crippen LogP) is 6.20. The number of nitrogens with zero attached hydrogens (tertiary/aromatic N) is 1. The monoisotopic (exact) mass is 427 g/mol. The lowest BCUT2D eigenvalue weighted by molar-refractivity contribution is 0.342. The summed E-state index contributed by atoms with van der Waals surface area (Å²) >= 11 is 12.1. The SMILES string of the molecule is CC(C)(C)S(=O)(=O)CC1CCC(C2=NC(c3ccc(Cl)c(Cl)c3)=CC2)CC1. The predicted molar refractivity (Wildman–Crippen MR) is 115 cm³/mol. The molecule has 0 unspecified atom stereocenters. The lowest BCUT2D eigenvalue weighted by atomic mass is 9.80. The van der Waals surface area contributed by atoms with Gasteiger partial charge in [-0.25, -0.2) is 8.42 Å². The summed E-state index contributed by atoms with van der Waals surface area (Å²) in [5.74, 6) is 1.03. The summed E-state index contributed by atoms with van der Waals surface area (Å²) in [6.45, 7) is 5.37. The van der Waals surface area contributed by atoms with Crippen LogP contribution >= 0.6 is 23.2 Å². The summed E-state index contributed by atoms with van der Waals surface area (Å²) in [5, 5.41) is 1.09. The van der Waals surface area contributed by atoms with E-state index in [-0.39, 0.29) is 5.92 Å². The summed E-state index contributed by atoms with van der Waals surface area (Å²) in [7, 11) is -3.05. The number of sulfone groups is 1. The lowest BCUT2D eigenvalue weighted by Crippen LogP contribution is -2.34. The highest BCUT2D eigenvalue weighted by molar-refractivity contribution is 7.92. The Balaban J connectivity index is 1.60. The van der Waals surface area contributed by atoms with Crippen molar-refractivity contribution in [1.29, 1.82) is 0 Å². The van der Waals surface area contributed by atoms with E-state index >= 15 is 0 Å². The average Bonchev–Trinajstić information content (AvgIpc) is 3.07. The molecule has 1 saturated carbocycles. The van der Waals surface area contributed by atoms with Gasteiger partial charge in [-0.1, -0.05) is 35.3 Å². The summed E-state index contributed by atoms with van der Waals surface area (Å²) in [5.41, 5.74) is 3.17. The number of allylic oxidation sites excluding steroid dienone is 1. The van der Waals surface area contributed by atoms with E-state index in [1.54, 1.807) is 26.8 Å². The van der Waals surface area contributed by atoms with E-state index < -0.39 is 14.6 Å². The van der Waals surface area contributed by atoms with E-state index in [9.17, 15) is 8.42 Å². The number of rotatable bonds is 4. The van der Waals surface area contributed by atoms with Gasteiger partial charge in [0.1, 0.15) is 0 Å². The normalized spacial score (nSPS) is 23.9. The van der Waals surface area contributed by atoms with Crippen molar-refractivity contribution in [2.75, 3.05) is 5.75 Å². The van der Waals surface area contributed by atoms with Crippen LogP contribution in [-0.2, 0) is 9.84 Å². The van der Waals surface area contributed by atoms with Crippen molar-refractivity contribution in [3.05, 3.63) is 39.9 Å². The Hall–Kier alpha value is -0.840. The summed E-state index contributed by atoms with van der Waals surface area (Å²) in [6, 6.07) is 5.60. The van der Waals surface area contributed by atoms with Crippen LogP contribution in [0.4, 0.5) is 0 Å². The Morgan fingerprint density at radius 1 is 1.07 bits per heavy atom. The van der Waals surface area contributed by atoms with E-state index in [1.165, 1.54) is 5.71 Å². The molecule has 3 nitrogen and oxygen atoms in total. The molecule has 27 heavy (non-hydrogen) atoms. The highest BCUT2D eigenvalue weighted by Crippen LogP contribution is 2.36. The molecule has 1 heterocycles. The van der Waals surface area contributed by atoms with Crippen LogP contribution in [0, 0.1) is 11.8 Å². The van der Waals surface area contributed by atoms with Crippen LogP contribution in [0.3, 0.4) is 0 Å². The van der Waals surface area contributed by atoms with Crippen molar-refractivity contribution < 1.29 is 8.42 Å². The molecule has 1 aromatic carbocycles. The van der Waals surface area contributed by atoms with Gasteiger partial charge in [0.2, 0.25) is 0 Å². The standard InChI is InChI=1S/C21H27Cl2NO2S/c1-21(2,3)27(25,26)13-14-4-6-15(7-5-14)19-10-11-20(24-19)16-8-9-17(22)18(23)12-16/h8-9,11-12,14-15H,4-7,10,13H2,1-3H3. The molecule has 0 saturated heterocycles. The average molecular weight is 428 g/mol. The zero-order chi connectivity index (χ0) is 19.8. The van der Waals surface area contributed by atoms with E-state index in [4.69, 9.17) is 28.2 Å². The molecule has 0 N–H and O–H groups in total. The third-order valence-corrected chi connectivity index (χ3v) is 9.21. The maximum atomic E-state index is 12.5. The van der Waals surface area contributed by atoms with Gasteiger partial charge in [0, 0.05) is 17.7 Å². The molecule has 3 rings (SSSR count). The van der Waals surface area contributed by atoms with Crippen LogP contribution in [0.2, 0.25) is 10.0 Å². The van der Waals surface area contributed by atoms with Crippen molar-refractivity contribution in [1.82, 2.24) is 0 Å². The third-order valence-electron chi connectivity index (χ3n) is 5.69. The molecule has 0 bridgehead atoms. The minimum absolute atomic E-state index is 0.273. The van der Waals surface area contributed by atoms with Gasteiger partial charge in [0.25, 0.3) is 0 Å². The second-order valence-corrected chi connectivity index (χ2v) is 12.2. The Kier molecular flexibility index (Phi) is 6.10.